The minimum absolute atomic E-state index is 0.239. The number of hydrogen-bond donors (Lipinski definition) is 2. The van der Waals surface area contributed by atoms with Crippen LogP contribution in [-0.4, -0.2) is 39.1 Å². The molecule has 1 aliphatic carbocycles. The molecule has 0 radical (unpaired) electrons. The fraction of sp³-hybridized carbons (Fsp3) is 0.500. The fourth-order valence-electron chi connectivity index (χ4n) is 4.09. The molecule has 0 amide bonds. The minimum atomic E-state index is -0.360. The summed E-state index contributed by atoms with van der Waals surface area (Å²) in [7, 11) is 0. The van der Waals surface area contributed by atoms with Gasteiger partial charge in [-0.05, 0) is 62.9 Å². The number of hydrogen-bond acceptors (Lipinski definition) is 5. The van der Waals surface area contributed by atoms with Crippen LogP contribution in [0.5, 0.6) is 0 Å². The number of rotatable bonds is 6. The molecule has 26 heavy (non-hydrogen) atoms. The van der Waals surface area contributed by atoms with E-state index in [-0.39, 0.29) is 11.5 Å². The molecule has 1 aliphatic rings. The maximum Gasteiger partial charge on any atom is 0.354 e. The van der Waals surface area contributed by atoms with Crippen molar-refractivity contribution in [3.63, 3.8) is 0 Å². The van der Waals surface area contributed by atoms with E-state index in [0.29, 0.717) is 18.1 Å². The largest absolute Gasteiger partial charge is 0.383 e. The Morgan fingerprint density at radius 3 is 2.58 bits per heavy atom. The Morgan fingerprint density at radius 2 is 2.00 bits per heavy atom. The molecule has 1 aromatic heterocycles. The molecule has 1 unspecified atom stereocenters. The van der Waals surface area contributed by atoms with Gasteiger partial charge in [0, 0.05) is 24.3 Å². The van der Waals surface area contributed by atoms with Gasteiger partial charge in [0.2, 0.25) is 0 Å². The lowest BCUT2D eigenvalue weighted by Gasteiger charge is -2.33. The standard InChI is InChI=1S/C20H29N5O/c1-3-24(18-9-6-16(21)13-18)14(2)12-15-4-7-17(8-5-15)25-11-10-19(22)23-20(25)26/h4-5,7-8,10-11,14,16,18H,3,6,9,12-13,21H2,1-2H3,(H2,22,23,26)/t14?,16-,18+/m1/s1. The van der Waals surface area contributed by atoms with Crippen LogP contribution in [-0.2, 0) is 6.42 Å². The van der Waals surface area contributed by atoms with E-state index in [4.69, 9.17) is 11.5 Å². The van der Waals surface area contributed by atoms with Gasteiger partial charge in [-0.3, -0.25) is 9.47 Å². The molecular weight excluding hydrogens is 326 g/mol. The maximum atomic E-state index is 12.0. The smallest absolute Gasteiger partial charge is 0.354 e. The molecule has 0 aliphatic heterocycles. The third-order valence-corrected chi connectivity index (χ3v) is 5.42. The van der Waals surface area contributed by atoms with Crippen molar-refractivity contribution in [3.8, 4) is 5.69 Å². The summed E-state index contributed by atoms with van der Waals surface area (Å²) in [4.78, 5) is 18.3. The highest BCUT2D eigenvalue weighted by Gasteiger charge is 2.29. The Bertz CT molecular complexity index is 786. The van der Waals surface area contributed by atoms with Crippen molar-refractivity contribution in [1.29, 1.82) is 0 Å². The number of likely N-dealkylation sites (N-methyl/N-ethyl adjacent to an activating group) is 1. The minimum Gasteiger partial charge on any atom is -0.383 e. The SMILES string of the molecule is CCN(C(C)Cc1ccc(-n2ccc(N)nc2=O)cc1)[C@H]1CC[C@@H](N)C1. The zero-order valence-electron chi connectivity index (χ0n) is 15.6. The second kappa shape index (κ2) is 8.01. The van der Waals surface area contributed by atoms with Gasteiger partial charge in [-0.25, -0.2) is 4.79 Å². The normalized spacial score (nSPS) is 21.2. The van der Waals surface area contributed by atoms with Crippen LogP contribution in [0.15, 0.2) is 41.3 Å². The zero-order valence-corrected chi connectivity index (χ0v) is 15.6. The highest BCUT2D eigenvalue weighted by molar-refractivity contribution is 5.36. The van der Waals surface area contributed by atoms with E-state index >= 15 is 0 Å². The number of nitrogens with two attached hydrogens (primary N) is 2. The highest BCUT2D eigenvalue weighted by atomic mass is 16.1. The molecule has 1 heterocycles. The maximum absolute atomic E-state index is 12.0. The molecule has 6 heteroatoms. The predicted molar refractivity (Wildman–Crippen MR) is 105 cm³/mol. The van der Waals surface area contributed by atoms with Gasteiger partial charge in [0.15, 0.2) is 0 Å². The van der Waals surface area contributed by atoms with Crippen LogP contribution in [0.1, 0.15) is 38.7 Å². The molecule has 2 aromatic rings. The van der Waals surface area contributed by atoms with E-state index in [9.17, 15) is 4.79 Å². The third-order valence-electron chi connectivity index (χ3n) is 5.42. The molecule has 1 fully saturated rings. The van der Waals surface area contributed by atoms with Gasteiger partial charge in [-0.1, -0.05) is 19.1 Å². The molecule has 140 valence electrons. The van der Waals surface area contributed by atoms with Crippen LogP contribution < -0.4 is 17.2 Å². The lowest BCUT2D eigenvalue weighted by atomic mass is 10.0. The molecule has 3 atom stereocenters. The second-order valence-electron chi connectivity index (χ2n) is 7.28. The van der Waals surface area contributed by atoms with Crippen LogP contribution >= 0.6 is 0 Å². The number of aromatic nitrogens is 2. The van der Waals surface area contributed by atoms with Crippen LogP contribution in [0.3, 0.4) is 0 Å². The first-order chi connectivity index (χ1) is 12.5. The Kier molecular flexibility index (Phi) is 5.74. The monoisotopic (exact) mass is 355 g/mol. The number of nitrogen functional groups attached to an aromatic ring is 1. The summed E-state index contributed by atoms with van der Waals surface area (Å²) in [5.74, 6) is 0.239. The molecule has 1 aromatic carbocycles. The molecule has 0 bridgehead atoms. The van der Waals surface area contributed by atoms with Gasteiger partial charge in [0.25, 0.3) is 0 Å². The zero-order chi connectivity index (χ0) is 18.7. The van der Waals surface area contributed by atoms with Crippen LogP contribution in [0.25, 0.3) is 5.69 Å². The first-order valence-corrected chi connectivity index (χ1v) is 9.43. The van der Waals surface area contributed by atoms with E-state index in [2.05, 4.69) is 35.9 Å². The van der Waals surface area contributed by atoms with E-state index in [1.807, 2.05) is 12.1 Å². The fourth-order valence-corrected chi connectivity index (χ4v) is 4.09. The first-order valence-electron chi connectivity index (χ1n) is 9.43. The van der Waals surface area contributed by atoms with E-state index in [1.54, 1.807) is 12.3 Å². The van der Waals surface area contributed by atoms with E-state index < -0.39 is 0 Å². The third kappa shape index (κ3) is 4.14. The number of anilines is 1. The Labute approximate surface area is 154 Å². The van der Waals surface area contributed by atoms with Crippen molar-refractivity contribution in [2.24, 2.45) is 5.73 Å². The summed E-state index contributed by atoms with van der Waals surface area (Å²) in [6.07, 6.45) is 6.07. The Morgan fingerprint density at radius 1 is 1.27 bits per heavy atom. The number of benzene rings is 1. The van der Waals surface area contributed by atoms with Gasteiger partial charge >= 0.3 is 5.69 Å². The van der Waals surface area contributed by atoms with Gasteiger partial charge in [0.1, 0.15) is 5.82 Å². The lowest BCUT2D eigenvalue weighted by Crippen LogP contribution is -2.42. The van der Waals surface area contributed by atoms with Crippen LogP contribution in [0.2, 0.25) is 0 Å². The summed E-state index contributed by atoms with van der Waals surface area (Å²) in [6.45, 7) is 5.56. The van der Waals surface area contributed by atoms with E-state index in [0.717, 1.165) is 31.5 Å². The topological polar surface area (TPSA) is 90.2 Å². The van der Waals surface area contributed by atoms with Gasteiger partial charge in [-0.2, -0.15) is 4.98 Å². The van der Waals surface area contributed by atoms with Crippen molar-refractivity contribution >= 4 is 5.82 Å². The summed E-state index contributed by atoms with van der Waals surface area (Å²) < 4.78 is 1.50. The number of nitrogens with zero attached hydrogens (tertiary/aromatic N) is 3. The predicted octanol–water partition coefficient (Wildman–Crippen LogP) is 1.95. The molecule has 3 rings (SSSR count). The molecule has 0 spiro atoms. The summed E-state index contributed by atoms with van der Waals surface area (Å²) in [5, 5.41) is 0. The van der Waals surface area contributed by atoms with Crippen molar-refractivity contribution in [3.05, 3.63) is 52.6 Å². The second-order valence-corrected chi connectivity index (χ2v) is 7.28. The van der Waals surface area contributed by atoms with Crippen molar-refractivity contribution in [2.75, 3.05) is 12.3 Å². The van der Waals surface area contributed by atoms with Crippen molar-refractivity contribution < 1.29 is 0 Å². The van der Waals surface area contributed by atoms with Gasteiger partial charge < -0.3 is 11.5 Å². The lowest BCUT2D eigenvalue weighted by molar-refractivity contribution is 0.152. The van der Waals surface area contributed by atoms with Gasteiger partial charge in [0.05, 0.1) is 5.69 Å². The molecular formula is C20H29N5O. The average Bonchev–Trinajstić information content (AvgIpc) is 3.02. The van der Waals surface area contributed by atoms with E-state index in [1.165, 1.54) is 16.6 Å². The van der Waals surface area contributed by atoms with Crippen molar-refractivity contribution in [2.45, 2.75) is 57.7 Å². The molecule has 1 saturated carbocycles. The van der Waals surface area contributed by atoms with Crippen LogP contribution in [0, 0.1) is 0 Å². The van der Waals surface area contributed by atoms with Crippen molar-refractivity contribution in [1.82, 2.24) is 14.5 Å². The molecule has 0 saturated heterocycles. The summed E-state index contributed by atoms with van der Waals surface area (Å²) in [5.41, 5.74) is 13.3. The molecule has 4 N–H and O–H groups in total. The first kappa shape index (κ1) is 18.6. The Hall–Kier alpha value is -2.18. The van der Waals surface area contributed by atoms with Gasteiger partial charge in [-0.15, -0.1) is 0 Å². The Balaban J connectivity index is 1.69. The quantitative estimate of drug-likeness (QED) is 0.826. The highest BCUT2D eigenvalue weighted by Crippen LogP contribution is 2.25. The molecule has 6 nitrogen and oxygen atoms in total. The average molecular weight is 355 g/mol. The van der Waals surface area contributed by atoms with Crippen LogP contribution in [0.4, 0.5) is 5.82 Å². The summed E-state index contributed by atoms with van der Waals surface area (Å²) in [6, 6.07) is 11.1. The summed E-state index contributed by atoms with van der Waals surface area (Å²) >= 11 is 0.